The Balaban J connectivity index is 1.57. The molecular weight excluding hydrogens is 344 g/mol. The van der Waals surface area contributed by atoms with Crippen LogP contribution in [0.15, 0.2) is 18.3 Å². The third-order valence-electron chi connectivity index (χ3n) is 5.47. The number of pyridine rings is 1. The summed E-state index contributed by atoms with van der Waals surface area (Å²) in [7, 11) is 1.66. The van der Waals surface area contributed by atoms with Crippen molar-refractivity contribution in [1.29, 1.82) is 0 Å². The number of hydrogen-bond donors (Lipinski definition) is 2. The van der Waals surface area contributed by atoms with Crippen molar-refractivity contribution in [1.82, 2.24) is 15.6 Å². The highest BCUT2D eigenvalue weighted by Crippen LogP contribution is 2.29. The maximum atomic E-state index is 12.8. The van der Waals surface area contributed by atoms with E-state index < -0.39 is 5.41 Å². The van der Waals surface area contributed by atoms with Crippen molar-refractivity contribution >= 4 is 11.7 Å². The zero-order valence-corrected chi connectivity index (χ0v) is 16.7. The Labute approximate surface area is 161 Å². The molecule has 2 unspecified atom stereocenters. The molecule has 1 amide bonds. The van der Waals surface area contributed by atoms with Crippen LogP contribution in [0.25, 0.3) is 0 Å². The molecule has 7 nitrogen and oxygen atoms in total. The van der Waals surface area contributed by atoms with E-state index in [-0.39, 0.29) is 18.1 Å². The number of rotatable bonds is 6. The van der Waals surface area contributed by atoms with Gasteiger partial charge in [-0.2, -0.15) is 0 Å². The topological polar surface area (TPSA) is 75.7 Å². The molecule has 0 aromatic carbocycles. The summed E-state index contributed by atoms with van der Waals surface area (Å²) in [6.07, 6.45) is 3.87. The van der Waals surface area contributed by atoms with E-state index in [0.717, 1.165) is 50.4 Å². The quantitative estimate of drug-likeness (QED) is 0.780. The molecule has 2 fully saturated rings. The van der Waals surface area contributed by atoms with E-state index in [9.17, 15) is 4.79 Å². The number of morpholine rings is 1. The molecule has 0 spiro atoms. The summed E-state index contributed by atoms with van der Waals surface area (Å²) < 4.78 is 11.1. The van der Waals surface area contributed by atoms with E-state index >= 15 is 0 Å². The first-order valence-electron chi connectivity index (χ1n) is 9.86. The molecule has 2 N–H and O–H groups in total. The van der Waals surface area contributed by atoms with Crippen molar-refractivity contribution < 1.29 is 14.3 Å². The number of ether oxygens (including phenoxy) is 2. The van der Waals surface area contributed by atoms with Crippen molar-refractivity contribution in [3.8, 4) is 0 Å². The fourth-order valence-electron chi connectivity index (χ4n) is 4.06. The summed E-state index contributed by atoms with van der Waals surface area (Å²) in [6, 6.07) is 4.07. The number of carbonyl (C=O) groups is 1. The van der Waals surface area contributed by atoms with E-state index in [0.29, 0.717) is 13.2 Å². The Kier molecular flexibility index (Phi) is 6.68. The lowest BCUT2D eigenvalue weighted by Gasteiger charge is -2.36. The molecule has 0 radical (unpaired) electrons. The normalized spacial score (nSPS) is 25.2. The summed E-state index contributed by atoms with van der Waals surface area (Å²) >= 11 is 0. The van der Waals surface area contributed by atoms with Gasteiger partial charge in [-0.1, -0.05) is 6.07 Å². The first-order chi connectivity index (χ1) is 13.0. The van der Waals surface area contributed by atoms with E-state index in [4.69, 9.17) is 9.47 Å². The van der Waals surface area contributed by atoms with Crippen molar-refractivity contribution in [3.05, 3.63) is 23.9 Å². The molecule has 0 saturated carbocycles. The molecule has 3 heterocycles. The van der Waals surface area contributed by atoms with Gasteiger partial charge in [-0.05, 0) is 51.4 Å². The molecule has 3 rings (SSSR count). The SMILES string of the molecule is COCC1(C(=O)NCc2ccc(N3CC(C)OC(C)C3)nc2)CCNCC1. The number of piperidine rings is 1. The standard InChI is InChI=1S/C20H32N4O3/c1-15-12-24(13-16(2)27-15)18-5-4-17(10-22-18)11-23-19(25)20(14-26-3)6-8-21-9-7-20/h4-5,10,15-16,21H,6-9,11-14H2,1-3H3,(H,23,25). The molecule has 7 heteroatoms. The maximum Gasteiger partial charge on any atom is 0.228 e. The van der Waals surface area contributed by atoms with Gasteiger partial charge < -0.3 is 25.0 Å². The number of hydrogen-bond acceptors (Lipinski definition) is 6. The minimum Gasteiger partial charge on any atom is -0.384 e. The smallest absolute Gasteiger partial charge is 0.228 e. The van der Waals surface area contributed by atoms with Crippen LogP contribution >= 0.6 is 0 Å². The largest absolute Gasteiger partial charge is 0.384 e. The van der Waals surface area contributed by atoms with Crippen LogP contribution in [-0.4, -0.2) is 63.0 Å². The average molecular weight is 377 g/mol. The van der Waals surface area contributed by atoms with Crippen molar-refractivity contribution in [2.75, 3.05) is 44.8 Å². The van der Waals surface area contributed by atoms with E-state index in [1.807, 2.05) is 18.3 Å². The molecule has 2 atom stereocenters. The van der Waals surface area contributed by atoms with Gasteiger partial charge in [0.05, 0.1) is 24.2 Å². The van der Waals surface area contributed by atoms with Crippen molar-refractivity contribution in [2.24, 2.45) is 5.41 Å². The van der Waals surface area contributed by atoms with Gasteiger partial charge in [-0.25, -0.2) is 4.98 Å². The van der Waals surface area contributed by atoms with Crippen molar-refractivity contribution in [2.45, 2.75) is 45.4 Å². The molecule has 2 aliphatic heterocycles. The van der Waals surface area contributed by atoms with E-state index in [2.05, 4.69) is 34.4 Å². The third kappa shape index (κ3) is 4.97. The van der Waals surface area contributed by atoms with Gasteiger partial charge in [0.15, 0.2) is 0 Å². The Morgan fingerprint density at radius 1 is 1.33 bits per heavy atom. The summed E-state index contributed by atoms with van der Waals surface area (Å²) in [6.45, 7) is 8.52. The van der Waals surface area contributed by atoms with Crippen LogP contribution in [0.2, 0.25) is 0 Å². The number of anilines is 1. The second kappa shape index (κ2) is 8.99. The Morgan fingerprint density at radius 2 is 2.04 bits per heavy atom. The van der Waals surface area contributed by atoms with Crippen LogP contribution in [0.1, 0.15) is 32.3 Å². The number of aromatic nitrogens is 1. The van der Waals surface area contributed by atoms with Gasteiger partial charge >= 0.3 is 0 Å². The van der Waals surface area contributed by atoms with Gasteiger partial charge in [-0.15, -0.1) is 0 Å². The Hall–Kier alpha value is -1.70. The molecule has 1 aromatic rings. The maximum absolute atomic E-state index is 12.8. The van der Waals surface area contributed by atoms with Crippen LogP contribution in [0.3, 0.4) is 0 Å². The number of methoxy groups -OCH3 is 1. The molecule has 2 saturated heterocycles. The van der Waals surface area contributed by atoms with Crippen LogP contribution in [0.5, 0.6) is 0 Å². The number of nitrogens with one attached hydrogen (secondary N) is 2. The lowest BCUT2D eigenvalue weighted by molar-refractivity contribution is -0.136. The Morgan fingerprint density at radius 3 is 2.63 bits per heavy atom. The highest BCUT2D eigenvalue weighted by Gasteiger charge is 2.39. The first kappa shape index (κ1) is 20.0. The highest BCUT2D eigenvalue weighted by molar-refractivity contribution is 5.83. The van der Waals surface area contributed by atoms with Gasteiger partial charge in [0.25, 0.3) is 0 Å². The van der Waals surface area contributed by atoms with Gasteiger partial charge in [0.1, 0.15) is 5.82 Å². The summed E-state index contributed by atoms with van der Waals surface area (Å²) in [5, 5.41) is 6.40. The lowest BCUT2D eigenvalue weighted by atomic mass is 9.78. The molecule has 0 bridgehead atoms. The molecule has 150 valence electrons. The minimum atomic E-state index is -0.423. The highest BCUT2D eigenvalue weighted by atomic mass is 16.5. The second-order valence-electron chi connectivity index (χ2n) is 7.83. The molecule has 2 aliphatic rings. The number of amides is 1. The molecule has 27 heavy (non-hydrogen) atoms. The minimum absolute atomic E-state index is 0.0748. The van der Waals surface area contributed by atoms with Crippen LogP contribution in [-0.2, 0) is 20.8 Å². The molecule has 1 aromatic heterocycles. The number of carbonyl (C=O) groups excluding carboxylic acids is 1. The second-order valence-corrected chi connectivity index (χ2v) is 7.83. The van der Waals surface area contributed by atoms with Crippen LogP contribution < -0.4 is 15.5 Å². The first-order valence-corrected chi connectivity index (χ1v) is 9.86. The predicted molar refractivity (Wildman–Crippen MR) is 105 cm³/mol. The summed E-state index contributed by atoms with van der Waals surface area (Å²) in [5.41, 5.74) is 0.580. The van der Waals surface area contributed by atoms with Crippen LogP contribution in [0, 0.1) is 5.41 Å². The average Bonchev–Trinajstić information content (AvgIpc) is 2.66. The Bertz CT molecular complexity index is 601. The predicted octanol–water partition coefficient (Wildman–Crippen LogP) is 1.33. The summed E-state index contributed by atoms with van der Waals surface area (Å²) in [5.74, 6) is 1.03. The van der Waals surface area contributed by atoms with Gasteiger partial charge in [0.2, 0.25) is 5.91 Å². The fraction of sp³-hybridized carbons (Fsp3) is 0.700. The van der Waals surface area contributed by atoms with E-state index in [1.54, 1.807) is 7.11 Å². The van der Waals surface area contributed by atoms with Gasteiger partial charge in [0, 0.05) is 32.9 Å². The number of nitrogens with zero attached hydrogens (tertiary/aromatic N) is 2. The fourth-order valence-corrected chi connectivity index (χ4v) is 4.06. The summed E-state index contributed by atoms with van der Waals surface area (Å²) in [4.78, 5) is 19.7. The molecular formula is C20H32N4O3. The van der Waals surface area contributed by atoms with E-state index in [1.165, 1.54) is 0 Å². The van der Waals surface area contributed by atoms with Gasteiger partial charge in [-0.3, -0.25) is 4.79 Å². The van der Waals surface area contributed by atoms with Crippen LogP contribution in [0.4, 0.5) is 5.82 Å². The lowest BCUT2D eigenvalue weighted by Crippen LogP contribution is -2.50. The zero-order valence-electron chi connectivity index (χ0n) is 16.7. The third-order valence-corrected chi connectivity index (χ3v) is 5.47. The van der Waals surface area contributed by atoms with Crippen molar-refractivity contribution in [3.63, 3.8) is 0 Å². The monoisotopic (exact) mass is 376 g/mol. The molecule has 0 aliphatic carbocycles. The zero-order chi connectivity index (χ0) is 19.3.